The molecule has 4 rings (SSSR count). The fourth-order valence-corrected chi connectivity index (χ4v) is 5.76. The van der Waals surface area contributed by atoms with Gasteiger partial charge in [0.15, 0.2) is 0 Å². The van der Waals surface area contributed by atoms with E-state index in [2.05, 4.69) is 19.5 Å². The summed E-state index contributed by atoms with van der Waals surface area (Å²) in [5.41, 5.74) is -0.523. The van der Waals surface area contributed by atoms with Crippen LogP contribution in [0.2, 0.25) is 5.02 Å². The molecule has 36 heavy (non-hydrogen) atoms. The molecule has 4 atom stereocenters. The highest BCUT2D eigenvalue weighted by atomic mass is 35.5. The van der Waals surface area contributed by atoms with E-state index in [-0.39, 0.29) is 29.8 Å². The van der Waals surface area contributed by atoms with Gasteiger partial charge in [0, 0.05) is 28.1 Å². The number of nitrogens with zero attached hydrogens (tertiary/aromatic N) is 2. The molecule has 3 aromatic rings. The first-order valence-corrected chi connectivity index (χ1v) is 13.7. The van der Waals surface area contributed by atoms with Crippen LogP contribution in [0.25, 0.3) is 0 Å². The van der Waals surface area contributed by atoms with E-state index in [1.807, 2.05) is 0 Å². The maximum absolute atomic E-state index is 13.4. The Balaban J connectivity index is 1.50. The molecule has 0 amide bonds. The summed E-state index contributed by atoms with van der Waals surface area (Å²) in [4.78, 5) is 22.5. The Bertz CT molecular complexity index is 1360. The highest BCUT2D eigenvalue weighted by molar-refractivity contribution is 7.84. The number of aromatic nitrogens is 2. The van der Waals surface area contributed by atoms with Crippen LogP contribution in [0, 0.1) is 5.92 Å². The van der Waals surface area contributed by atoms with Crippen molar-refractivity contribution >= 4 is 44.8 Å². The second kappa shape index (κ2) is 10.5. The molecular formula is C23H25ClN4O6S2. The minimum Gasteiger partial charge on any atom is -0.393 e. The standard InChI is InChI=1S/C23H25ClN4O6S2/c1-23(31,14-3-2-4-15(24)8-14)20-6-5-19(35-20)21(30)17-10-26-12-27-22(17)28-16-7-13(18(29)9-16)11-34-36(25,32)33/h2-6,8,10,12-13,16,18,29,31H,7,9,11H2,1H3,(H2,25,32,33)(H,26,27,28)/t13-,16-,18+,23+/m1/s1. The van der Waals surface area contributed by atoms with Gasteiger partial charge in [0.1, 0.15) is 17.7 Å². The molecule has 1 aliphatic rings. The molecule has 2 aromatic heterocycles. The van der Waals surface area contributed by atoms with E-state index >= 15 is 0 Å². The molecule has 0 bridgehead atoms. The van der Waals surface area contributed by atoms with Gasteiger partial charge in [-0.2, -0.15) is 8.42 Å². The third-order valence-electron chi connectivity index (χ3n) is 6.10. The van der Waals surface area contributed by atoms with Crippen LogP contribution in [0.3, 0.4) is 0 Å². The summed E-state index contributed by atoms with van der Waals surface area (Å²) >= 11 is 7.23. The summed E-state index contributed by atoms with van der Waals surface area (Å²) < 4.78 is 26.8. The molecule has 1 aromatic carbocycles. The number of nitrogens with one attached hydrogen (secondary N) is 1. The van der Waals surface area contributed by atoms with Gasteiger partial charge < -0.3 is 15.5 Å². The number of aliphatic hydroxyl groups is 2. The van der Waals surface area contributed by atoms with Crippen molar-refractivity contribution in [3.63, 3.8) is 0 Å². The molecule has 2 heterocycles. The Morgan fingerprint density at radius 2 is 2.11 bits per heavy atom. The van der Waals surface area contributed by atoms with Crippen molar-refractivity contribution in [2.24, 2.45) is 11.1 Å². The fourth-order valence-electron chi connectivity index (χ4n) is 4.17. The molecule has 0 aliphatic heterocycles. The number of nitrogens with two attached hydrogens (primary N) is 1. The molecule has 0 saturated heterocycles. The molecule has 1 aliphatic carbocycles. The average molecular weight is 553 g/mol. The van der Waals surface area contributed by atoms with Crippen LogP contribution in [0.1, 0.15) is 45.4 Å². The Morgan fingerprint density at radius 1 is 1.33 bits per heavy atom. The van der Waals surface area contributed by atoms with Crippen LogP contribution in [-0.2, 0) is 20.1 Å². The van der Waals surface area contributed by atoms with Crippen molar-refractivity contribution in [2.75, 3.05) is 11.9 Å². The van der Waals surface area contributed by atoms with E-state index in [1.165, 1.54) is 12.5 Å². The normalized spacial score (nSPS) is 21.8. The maximum Gasteiger partial charge on any atom is 0.333 e. The van der Waals surface area contributed by atoms with Crippen LogP contribution in [0.5, 0.6) is 0 Å². The fraction of sp³-hybridized carbons (Fsp3) is 0.348. The van der Waals surface area contributed by atoms with E-state index < -0.39 is 27.9 Å². The van der Waals surface area contributed by atoms with Crippen LogP contribution in [0.15, 0.2) is 48.9 Å². The smallest absolute Gasteiger partial charge is 0.333 e. The molecule has 5 N–H and O–H groups in total. The molecule has 1 fully saturated rings. The Kier molecular flexibility index (Phi) is 7.76. The van der Waals surface area contributed by atoms with Crippen LogP contribution >= 0.6 is 22.9 Å². The second-order valence-electron chi connectivity index (χ2n) is 8.78. The van der Waals surface area contributed by atoms with Crippen LogP contribution in [0.4, 0.5) is 5.82 Å². The van der Waals surface area contributed by atoms with Crippen molar-refractivity contribution in [1.29, 1.82) is 0 Å². The van der Waals surface area contributed by atoms with E-state index in [9.17, 15) is 23.4 Å². The van der Waals surface area contributed by atoms with Gasteiger partial charge in [-0.3, -0.25) is 8.98 Å². The molecular weight excluding hydrogens is 528 g/mol. The topological polar surface area (TPSA) is 165 Å². The zero-order valence-electron chi connectivity index (χ0n) is 19.2. The van der Waals surface area contributed by atoms with Gasteiger partial charge in [-0.25, -0.2) is 15.1 Å². The van der Waals surface area contributed by atoms with Gasteiger partial charge in [-0.15, -0.1) is 11.3 Å². The van der Waals surface area contributed by atoms with Crippen molar-refractivity contribution < 1.29 is 27.6 Å². The molecule has 13 heteroatoms. The van der Waals surface area contributed by atoms with Crippen molar-refractivity contribution in [3.8, 4) is 0 Å². The molecule has 0 radical (unpaired) electrons. The maximum atomic E-state index is 13.4. The van der Waals surface area contributed by atoms with Gasteiger partial charge in [-0.1, -0.05) is 23.7 Å². The lowest BCUT2D eigenvalue weighted by Crippen LogP contribution is -2.24. The lowest BCUT2D eigenvalue weighted by atomic mass is 9.94. The summed E-state index contributed by atoms with van der Waals surface area (Å²) in [5, 5.41) is 30.0. The van der Waals surface area contributed by atoms with Gasteiger partial charge >= 0.3 is 10.3 Å². The van der Waals surface area contributed by atoms with E-state index in [1.54, 1.807) is 43.3 Å². The lowest BCUT2D eigenvalue weighted by Gasteiger charge is -2.22. The summed E-state index contributed by atoms with van der Waals surface area (Å²) in [6.45, 7) is 1.40. The van der Waals surface area contributed by atoms with E-state index in [0.717, 1.165) is 11.3 Å². The molecule has 0 unspecified atom stereocenters. The van der Waals surface area contributed by atoms with E-state index in [0.29, 0.717) is 33.2 Å². The van der Waals surface area contributed by atoms with Gasteiger partial charge in [0.05, 0.1) is 23.2 Å². The highest BCUT2D eigenvalue weighted by Gasteiger charge is 2.35. The summed E-state index contributed by atoms with van der Waals surface area (Å²) in [5.74, 6) is -0.490. The zero-order chi connectivity index (χ0) is 26.1. The van der Waals surface area contributed by atoms with Gasteiger partial charge in [0.2, 0.25) is 5.78 Å². The summed E-state index contributed by atoms with van der Waals surface area (Å²) in [6.07, 6.45) is 2.59. The lowest BCUT2D eigenvalue weighted by molar-refractivity contribution is 0.101. The van der Waals surface area contributed by atoms with Crippen LogP contribution in [-0.4, -0.2) is 53.1 Å². The number of aliphatic hydroxyl groups excluding tert-OH is 1. The van der Waals surface area contributed by atoms with Crippen LogP contribution < -0.4 is 10.5 Å². The number of ketones is 1. The third kappa shape index (κ3) is 6.09. The number of hydrogen-bond acceptors (Lipinski definition) is 10. The minimum atomic E-state index is -4.11. The quantitative estimate of drug-likeness (QED) is 0.292. The minimum absolute atomic E-state index is 0.229. The monoisotopic (exact) mass is 552 g/mol. The highest BCUT2D eigenvalue weighted by Crippen LogP contribution is 2.36. The number of benzene rings is 1. The predicted octanol–water partition coefficient (Wildman–Crippen LogP) is 2.45. The number of carbonyl (C=O) groups excluding carboxylic acids is 1. The average Bonchev–Trinajstić information content (AvgIpc) is 3.44. The molecule has 192 valence electrons. The first-order chi connectivity index (χ1) is 16.9. The first-order valence-electron chi connectivity index (χ1n) is 11.0. The number of anilines is 1. The van der Waals surface area contributed by atoms with Gasteiger partial charge in [0.25, 0.3) is 0 Å². The Morgan fingerprint density at radius 3 is 2.83 bits per heavy atom. The first kappa shape index (κ1) is 26.6. The number of hydrogen-bond donors (Lipinski definition) is 4. The Hall–Kier alpha value is -2.45. The second-order valence-corrected chi connectivity index (χ2v) is 11.5. The summed E-state index contributed by atoms with van der Waals surface area (Å²) in [6, 6.07) is 9.95. The van der Waals surface area contributed by atoms with Gasteiger partial charge in [-0.05, 0) is 49.6 Å². The van der Waals surface area contributed by atoms with Crippen molar-refractivity contribution in [2.45, 2.75) is 37.5 Å². The molecule has 0 spiro atoms. The van der Waals surface area contributed by atoms with Crippen molar-refractivity contribution in [1.82, 2.24) is 9.97 Å². The van der Waals surface area contributed by atoms with E-state index in [4.69, 9.17) is 16.7 Å². The molecule has 1 saturated carbocycles. The zero-order valence-corrected chi connectivity index (χ0v) is 21.6. The number of thiophene rings is 1. The predicted molar refractivity (Wildman–Crippen MR) is 135 cm³/mol. The summed E-state index contributed by atoms with van der Waals surface area (Å²) in [7, 11) is -4.11. The third-order valence-corrected chi connectivity index (χ3v) is 8.09. The number of carbonyl (C=O) groups is 1. The SMILES string of the molecule is C[C@](O)(c1cccc(Cl)c1)c1ccc(C(=O)c2cncnc2N[C@@H]2C[C@H](COS(N)(=O)=O)[C@@H](O)C2)s1. The largest absolute Gasteiger partial charge is 0.393 e. The number of rotatable bonds is 9. The van der Waals surface area contributed by atoms with Crippen molar-refractivity contribution in [3.05, 3.63) is 74.8 Å². The molecule has 10 nitrogen and oxygen atoms in total. The Labute approximate surface area is 217 Å². The number of halogens is 1.